The van der Waals surface area contributed by atoms with E-state index in [4.69, 9.17) is 0 Å². The predicted octanol–water partition coefficient (Wildman–Crippen LogP) is 2.88. The van der Waals surface area contributed by atoms with E-state index < -0.39 is 18.0 Å². The number of urea groups is 1. The van der Waals surface area contributed by atoms with Crippen molar-refractivity contribution in [3.63, 3.8) is 0 Å². The molecule has 0 aliphatic heterocycles. The SMILES string of the molecule is C[C@@H](C(=O)NC(=O)NC12CC3CC(CC(C3)C1)C2)N(C)CC(=O)Nc1ccc(F)cc1. The number of anilines is 1. The van der Waals surface area contributed by atoms with E-state index in [0.717, 1.165) is 19.3 Å². The van der Waals surface area contributed by atoms with Crippen LogP contribution >= 0.6 is 0 Å². The Morgan fingerprint density at radius 2 is 1.61 bits per heavy atom. The third kappa shape index (κ3) is 5.06. The highest BCUT2D eigenvalue weighted by Gasteiger charge is 2.51. The monoisotopic (exact) mass is 430 g/mol. The highest BCUT2D eigenvalue weighted by atomic mass is 19.1. The van der Waals surface area contributed by atoms with Gasteiger partial charge in [0.05, 0.1) is 12.6 Å². The van der Waals surface area contributed by atoms with Gasteiger partial charge in [0.2, 0.25) is 11.8 Å². The summed E-state index contributed by atoms with van der Waals surface area (Å²) >= 11 is 0. The Bertz CT molecular complexity index is 822. The zero-order valence-corrected chi connectivity index (χ0v) is 18.1. The molecule has 8 heteroatoms. The maximum absolute atomic E-state index is 13.0. The quantitative estimate of drug-likeness (QED) is 0.647. The summed E-state index contributed by atoms with van der Waals surface area (Å²) in [7, 11) is 1.64. The van der Waals surface area contributed by atoms with Crippen LogP contribution in [0.4, 0.5) is 14.9 Å². The van der Waals surface area contributed by atoms with Crippen LogP contribution in [0.25, 0.3) is 0 Å². The molecule has 1 aromatic carbocycles. The van der Waals surface area contributed by atoms with E-state index >= 15 is 0 Å². The molecule has 0 heterocycles. The summed E-state index contributed by atoms with van der Waals surface area (Å²) in [6.45, 7) is 1.61. The Hall–Kier alpha value is -2.48. The van der Waals surface area contributed by atoms with E-state index in [2.05, 4.69) is 16.0 Å². The molecule has 4 aliphatic carbocycles. The molecule has 4 aliphatic rings. The summed E-state index contributed by atoms with van der Waals surface area (Å²) in [6.07, 6.45) is 6.88. The van der Waals surface area contributed by atoms with E-state index in [9.17, 15) is 18.8 Å². The number of imide groups is 1. The number of amides is 4. The van der Waals surface area contributed by atoms with Crippen molar-refractivity contribution in [3.05, 3.63) is 30.1 Å². The van der Waals surface area contributed by atoms with Crippen LogP contribution in [0.2, 0.25) is 0 Å². The molecule has 3 N–H and O–H groups in total. The highest BCUT2D eigenvalue weighted by molar-refractivity contribution is 5.98. The lowest BCUT2D eigenvalue weighted by Crippen LogP contribution is -2.62. The highest BCUT2D eigenvalue weighted by Crippen LogP contribution is 2.55. The van der Waals surface area contributed by atoms with Crippen LogP contribution in [0, 0.1) is 23.6 Å². The van der Waals surface area contributed by atoms with Crippen molar-refractivity contribution in [2.45, 2.75) is 57.0 Å². The van der Waals surface area contributed by atoms with E-state index in [1.54, 1.807) is 18.9 Å². The maximum Gasteiger partial charge on any atom is 0.321 e. The van der Waals surface area contributed by atoms with Gasteiger partial charge in [-0.05, 0) is 94.5 Å². The van der Waals surface area contributed by atoms with Gasteiger partial charge in [-0.25, -0.2) is 9.18 Å². The fourth-order valence-electron chi connectivity index (χ4n) is 6.05. The minimum absolute atomic E-state index is 0.0391. The molecule has 4 saturated carbocycles. The van der Waals surface area contributed by atoms with Crippen LogP contribution < -0.4 is 16.0 Å². The van der Waals surface area contributed by atoms with Crippen LogP contribution in [0.5, 0.6) is 0 Å². The van der Waals surface area contributed by atoms with Crippen LogP contribution in [0.15, 0.2) is 24.3 Å². The first kappa shape index (κ1) is 21.7. The van der Waals surface area contributed by atoms with Gasteiger partial charge in [0.1, 0.15) is 5.82 Å². The van der Waals surface area contributed by atoms with Gasteiger partial charge in [-0.2, -0.15) is 0 Å². The summed E-state index contributed by atoms with van der Waals surface area (Å²) in [4.78, 5) is 38.9. The number of hydrogen-bond donors (Lipinski definition) is 3. The minimum atomic E-state index is -0.666. The lowest BCUT2D eigenvalue weighted by Gasteiger charge is -2.56. The summed E-state index contributed by atoms with van der Waals surface area (Å²) in [5, 5.41) is 8.25. The van der Waals surface area contributed by atoms with Crippen LogP contribution in [0.3, 0.4) is 0 Å². The molecule has 4 amide bonds. The molecule has 0 aromatic heterocycles. The van der Waals surface area contributed by atoms with Gasteiger partial charge >= 0.3 is 6.03 Å². The molecule has 31 heavy (non-hydrogen) atoms. The largest absolute Gasteiger partial charge is 0.332 e. The third-order valence-corrected chi connectivity index (χ3v) is 7.22. The number of nitrogens with one attached hydrogen (secondary N) is 3. The number of halogens is 1. The summed E-state index contributed by atoms with van der Waals surface area (Å²) in [5.74, 6) is 0.948. The molecule has 1 atom stereocenters. The molecule has 5 rings (SSSR count). The molecule has 4 bridgehead atoms. The first-order valence-corrected chi connectivity index (χ1v) is 11.1. The second-order valence-corrected chi connectivity index (χ2v) is 9.79. The van der Waals surface area contributed by atoms with Gasteiger partial charge < -0.3 is 10.6 Å². The summed E-state index contributed by atoms with van der Waals surface area (Å²) in [6, 6.07) is 4.36. The Balaban J connectivity index is 1.25. The van der Waals surface area contributed by atoms with Crippen molar-refractivity contribution >= 4 is 23.5 Å². The topological polar surface area (TPSA) is 90.5 Å². The van der Waals surface area contributed by atoms with Crippen LogP contribution in [-0.4, -0.2) is 47.9 Å². The second-order valence-electron chi connectivity index (χ2n) is 9.79. The standard InChI is InChI=1S/C23H31FN4O3/c1-14(28(2)13-20(29)25-19-5-3-18(24)4-6-19)21(30)26-22(31)27-23-10-15-7-16(11-23)9-17(8-15)12-23/h3-6,14-17H,7-13H2,1-2H3,(H,25,29)(H2,26,27,30,31)/t14-,15?,16?,17?,23?/m0/s1. The zero-order chi connectivity index (χ0) is 22.2. The Kier molecular flexibility index (Phi) is 6.01. The number of likely N-dealkylation sites (N-methyl/N-ethyl adjacent to an activating group) is 1. The van der Waals surface area contributed by atoms with Gasteiger partial charge in [-0.1, -0.05) is 0 Å². The first-order chi connectivity index (χ1) is 14.7. The van der Waals surface area contributed by atoms with Crippen LogP contribution in [-0.2, 0) is 9.59 Å². The summed E-state index contributed by atoms with van der Waals surface area (Å²) in [5.41, 5.74) is 0.315. The lowest BCUT2D eigenvalue weighted by atomic mass is 9.53. The Labute approximate surface area is 182 Å². The molecule has 7 nitrogen and oxygen atoms in total. The normalized spacial score (nSPS) is 29.5. The Morgan fingerprint density at radius 3 is 2.16 bits per heavy atom. The maximum atomic E-state index is 13.0. The van der Waals surface area contributed by atoms with Gasteiger partial charge in [0.15, 0.2) is 0 Å². The summed E-state index contributed by atoms with van der Waals surface area (Å²) < 4.78 is 13.0. The van der Waals surface area contributed by atoms with Crippen molar-refractivity contribution < 1.29 is 18.8 Å². The van der Waals surface area contributed by atoms with E-state index in [-0.39, 0.29) is 23.8 Å². The number of carbonyl (C=O) groups is 3. The lowest BCUT2D eigenvalue weighted by molar-refractivity contribution is -0.125. The average Bonchev–Trinajstić information content (AvgIpc) is 2.67. The number of rotatable bonds is 6. The molecule has 168 valence electrons. The van der Waals surface area contributed by atoms with E-state index in [0.29, 0.717) is 23.4 Å². The smallest absolute Gasteiger partial charge is 0.321 e. The number of benzene rings is 1. The zero-order valence-electron chi connectivity index (χ0n) is 18.1. The van der Waals surface area contributed by atoms with Gasteiger partial charge in [-0.15, -0.1) is 0 Å². The molecular weight excluding hydrogens is 399 g/mol. The van der Waals surface area contributed by atoms with Gasteiger partial charge in [0, 0.05) is 11.2 Å². The van der Waals surface area contributed by atoms with Crippen molar-refractivity contribution in [1.82, 2.24) is 15.5 Å². The first-order valence-electron chi connectivity index (χ1n) is 11.1. The predicted molar refractivity (Wildman–Crippen MR) is 115 cm³/mol. The molecular formula is C23H31FN4O3. The molecule has 0 spiro atoms. The van der Waals surface area contributed by atoms with Crippen molar-refractivity contribution in [2.75, 3.05) is 18.9 Å². The molecule has 1 aromatic rings. The minimum Gasteiger partial charge on any atom is -0.332 e. The molecule has 0 saturated heterocycles. The fourth-order valence-corrected chi connectivity index (χ4v) is 6.05. The van der Waals surface area contributed by atoms with Crippen molar-refractivity contribution in [3.8, 4) is 0 Å². The number of hydrogen-bond acceptors (Lipinski definition) is 4. The molecule has 0 radical (unpaired) electrons. The third-order valence-electron chi connectivity index (χ3n) is 7.22. The average molecular weight is 431 g/mol. The molecule has 0 unspecified atom stereocenters. The van der Waals surface area contributed by atoms with Gasteiger partial charge in [0.25, 0.3) is 0 Å². The van der Waals surface area contributed by atoms with E-state index in [1.165, 1.54) is 43.5 Å². The van der Waals surface area contributed by atoms with Crippen LogP contribution in [0.1, 0.15) is 45.4 Å². The van der Waals surface area contributed by atoms with Crippen molar-refractivity contribution in [2.24, 2.45) is 17.8 Å². The molecule has 4 fully saturated rings. The number of carbonyl (C=O) groups excluding carboxylic acids is 3. The van der Waals surface area contributed by atoms with Gasteiger partial charge in [-0.3, -0.25) is 19.8 Å². The number of nitrogens with zero attached hydrogens (tertiary/aromatic N) is 1. The Morgan fingerprint density at radius 1 is 1.06 bits per heavy atom. The van der Waals surface area contributed by atoms with E-state index in [1.807, 2.05) is 0 Å². The van der Waals surface area contributed by atoms with Crippen molar-refractivity contribution in [1.29, 1.82) is 0 Å². The fraction of sp³-hybridized carbons (Fsp3) is 0.609. The second kappa shape index (κ2) is 8.57.